The fourth-order valence-corrected chi connectivity index (χ4v) is 2.51. The Bertz CT molecular complexity index is 936. The zero-order valence-electron chi connectivity index (χ0n) is 14.4. The molecule has 0 atom stereocenters. The van der Waals surface area contributed by atoms with Crippen molar-refractivity contribution in [2.45, 2.75) is 6.92 Å². The maximum atomic E-state index is 11.8. The first kappa shape index (κ1) is 17.5. The van der Waals surface area contributed by atoms with Crippen LogP contribution in [0, 0.1) is 6.92 Å². The minimum atomic E-state index is -0.599. The van der Waals surface area contributed by atoms with E-state index in [1.54, 1.807) is 12.1 Å². The van der Waals surface area contributed by atoms with Crippen molar-refractivity contribution < 1.29 is 19.1 Å². The molecule has 5 heteroatoms. The number of nitrogens with one attached hydrogen (secondary N) is 1. The number of rotatable bonds is 6. The van der Waals surface area contributed by atoms with Gasteiger partial charge in [0.25, 0.3) is 5.91 Å². The first-order chi connectivity index (χ1) is 12.6. The van der Waals surface area contributed by atoms with E-state index in [-0.39, 0.29) is 13.2 Å². The Balaban J connectivity index is 1.45. The summed E-state index contributed by atoms with van der Waals surface area (Å²) in [6.07, 6.45) is 0. The number of ether oxygens (including phenoxy) is 2. The molecule has 0 radical (unpaired) electrons. The molecule has 0 aromatic heterocycles. The van der Waals surface area contributed by atoms with E-state index in [1.165, 1.54) is 0 Å². The number of amides is 1. The van der Waals surface area contributed by atoms with Crippen molar-refractivity contribution in [3.8, 4) is 5.75 Å². The van der Waals surface area contributed by atoms with Crippen LogP contribution in [0.25, 0.3) is 10.8 Å². The van der Waals surface area contributed by atoms with Crippen molar-refractivity contribution >= 4 is 28.3 Å². The van der Waals surface area contributed by atoms with Gasteiger partial charge in [-0.15, -0.1) is 0 Å². The second-order valence-corrected chi connectivity index (χ2v) is 5.88. The van der Waals surface area contributed by atoms with Gasteiger partial charge in [-0.25, -0.2) is 4.79 Å². The predicted molar refractivity (Wildman–Crippen MR) is 100 cm³/mol. The first-order valence-electron chi connectivity index (χ1n) is 8.24. The number of fused-ring (bicyclic) bond motifs is 1. The van der Waals surface area contributed by atoms with E-state index in [2.05, 4.69) is 5.32 Å². The van der Waals surface area contributed by atoms with Gasteiger partial charge in [-0.1, -0.05) is 42.5 Å². The normalized spacial score (nSPS) is 10.3. The average Bonchev–Trinajstić information content (AvgIpc) is 2.64. The van der Waals surface area contributed by atoms with Crippen molar-refractivity contribution in [1.82, 2.24) is 0 Å². The number of hydrogen-bond acceptors (Lipinski definition) is 4. The Morgan fingerprint density at radius 2 is 1.69 bits per heavy atom. The molecule has 0 spiro atoms. The monoisotopic (exact) mass is 349 g/mol. The fraction of sp³-hybridized carbons (Fsp3) is 0.143. The summed E-state index contributed by atoms with van der Waals surface area (Å²) in [6.45, 7) is 1.32. The molecule has 0 unspecified atom stereocenters. The van der Waals surface area contributed by atoms with Crippen LogP contribution in [0.2, 0.25) is 0 Å². The van der Waals surface area contributed by atoms with E-state index in [4.69, 9.17) is 9.47 Å². The van der Waals surface area contributed by atoms with Gasteiger partial charge in [-0.3, -0.25) is 4.79 Å². The third-order valence-electron chi connectivity index (χ3n) is 3.74. The highest BCUT2D eigenvalue weighted by Gasteiger charge is 2.09. The van der Waals surface area contributed by atoms with Gasteiger partial charge >= 0.3 is 5.97 Å². The van der Waals surface area contributed by atoms with Crippen LogP contribution in [-0.4, -0.2) is 25.1 Å². The maximum absolute atomic E-state index is 11.8. The number of benzene rings is 3. The first-order valence-corrected chi connectivity index (χ1v) is 8.24. The molecule has 0 saturated heterocycles. The molecule has 1 N–H and O–H groups in total. The number of carbonyl (C=O) groups excluding carboxylic acids is 2. The molecule has 3 aromatic carbocycles. The van der Waals surface area contributed by atoms with E-state index in [0.717, 1.165) is 16.3 Å². The molecule has 132 valence electrons. The van der Waals surface area contributed by atoms with Crippen LogP contribution in [0.4, 0.5) is 5.69 Å². The molecule has 0 heterocycles. The lowest BCUT2D eigenvalue weighted by Crippen LogP contribution is -2.23. The molecular formula is C21H19NO4. The van der Waals surface area contributed by atoms with E-state index < -0.39 is 11.9 Å². The standard InChI is InChI=1S/C21H19NO4/c1-15-5-4-8-18(11-15)22-20(23)13-26-21(24)14-25-19-10-9-16-6-2-3-7-17(16)12-19/h2-12H,13-14H2,1H3,(H,22,23). The van der Waals surface area contributed by atoms with Crippen LogP contribution in [0.1, 0.15) is 5.56 Å². The summed E-state index contributed by atoms with van der Waals surface area (Å²) in [5, 5.41) is 4.79. The summed E-state index contributed by atoms with van der Waals surface area (Å²) < 4.78 is 10.4. The fourth-order valence-electron chi connectivity index (χ4n) is 2.51. The number of hydrogen-bond donors (Lipinski definition) is 1. The Morgan fingerprint density at radius 3 is 2.50 bits per heavy atom. The van der Waals surface area contributed by atoms with E-state index >= 15 is 0 Å². The summed E-state index contributed by atoms with van der Waals surface area (Å²) in [5.41, 5.74) is 1.70. The van der Waals surface area contributed by atoms with Crippen LogP contribution in [0.15, 0.2) is 66.7 Å². The van der Waals surface area contributed by atoms with Gasteiger partial charge in [0.15, 0.2) is 13.2 Å². The zero-order valence-corrected chi connectivity index (χ0v) is 14.4. The van der Waals surface area contributed by atoms with Gasteiger partial charge in [-0.2, -0.15) is 0 Å². The quantitative estimate of drug-likeness (QED) is 0.689. The van der Waals surface area contributed by atoms with Crippen molar-refractivity contribution in [1.29, 1.82) is 0 Å². The second kappa shape index (κ2) is 8.16. The molecule has 26 heavy (non-hydrogen) atoms. The van der Waals surface area contributed by atoms with Crippen molar-refractivity contribution in [3.63, 3.8) is 0 Å². The topological polar surface area (TPSA) is 64.6 Å². The second-order valence-electron chi connectivity index (χ2n) is 5.88. The molecule has 0 aliphatic heterocycles. The summed E-state index contributed by atoms with van der Waals surface area (Å²) >= 11 is 0. The van der Waals surface area contributed by atoms with E-state index in [0.29, 0.717) is 11.4 Å². The minimum Gasteiger partial charge on any atom is -0.482 e. The lowest BCUT2D eigenvalue weighted by atomic mass is 10.1. The van der Waals surface area contributed by atoms with Gasteiger partial charge in [0, 0.05) is 5.69 Å². The molecule has 0 saturated carbocycles. The lowest BCUT2D eigenvalue weighted by Gasteiger charge is -2.09. The Kier molecular flexibility index (Phi) is 5.49. The molecule has 0 fully saturated rings. The predicted octanol–water partition coefficient (Wildman–Crippen LogP) is 3.71. The molecular weight excluding hydrogens is 330 g/mol. The molecule has 3 rings (SSSR count). The van der Waals surface area contributed by atoms with Crippen molar-refractivity contribution in [3.05, 3.63) is 72.3 Å². The van der Waals surface area contributed by atoms with Crippen LogP contribution in [0.5, 0.6) is 5.75 Å². The highest BCUT2D eigenvalue weighted by Crippen LogP contribution is 2.20. The highest BCUT2D eigenvalue weighted by molar-refractivity contribution is 5.93. The molecule has 0 aliphatic rings. The SMILES string of the molecule is Cc1cccc(NC(=O)COC(=O)COc2ccc3ccccc3c2)c1. The summed E-state index contributed by atoms with van der Waals surface area (Å²) in [4.78, 5) is 23.6. The van der Waals surface area contributed by atoms with E-state index in [9.17, 15) is 9.59 Å². The minimum absolute atomic E-state index is 0.254. The number of carbonyl (C=O) groups is 2. The summed E-state index contributed by atoms with van der Waals surface area (Å²) in [5.74, 6) is -0.419. The largest absolute Gasteiger partial charge is 0.482 e. The third-order valence-corrected chi connectivity index (χ3v) is 3.74. The Labute approximate surface area is 151 Å². The van der Waals surface area contributed by atoms with Crippen molar-refractivity contribution in [2.75, 3.05) is 18.5 Å². The maximum Gasteiger partial charge on any atom is 0.344 e. The van der Waals surface area contributed by atoms with Gasteiger partial charge in [0.1, 0.15) is 5.75 Å². The third kappa shape index (κ3) is 4.83. The summed E-state index contributed by atoms with van der Waals surface area (Å²) in [6, 6.07) is 20.8. The van der Waals surface area contributed by atoms with Crippen molar-refractivity contribution in [2.24, 2.45) is 0 Å². The summed E-state index contributed by atoms with van der Waals surface area (Å²) in [7, 11) is 0. The van der Waals surface area contributed by atoms with Gasteiger partial charge in [-0.05, 0) is 47.5 Å². The number of anilines is 1. The lowest BCUT2D eigenvalue weighted by molar-refractivity contribution is -0.149. The molecule has 0 bridgehead atoms. The Morgan fingerprint density at radius 1 is 0.885 bits per heavy atom. The number of aryl methyl sites for hydroxylation is 1. The van der Waals surface area contributed by atoms with Gasteiger partial charge in [0.2, 0.25) is 0 Å². The van der Waals surface area contributed by atoms with Crippen LogP contribution in [-0.2, 0) is 14.3 Å². The molecule has 5 nitrogen and oxygen atoms in total. The molecule has 1 amide bonds. The smallest absolute Gasteiger partial charge is 0.344 e. The van der Waals surface area contributed by atoms with Crippen LogP contribution < -0.4 is 10.1 Å². The average molecular weight is 349 g/mol. The zero-order chi connectivity index (χ0) is 18.4. The molecule has 3 aromatic rings. The van der Waals surface area contributed by atoms with Gasteiger partial charge < -0.3 is 14.8 Å². The van der Waals surface area contributed by atoms with E-state index in [1.807, 2.05) is 61.5 Å². The van der Waals surface area contributed by atoms with Gasteiger partial charge in [0.05, 0.1) is 0 Å². The molecule has 0 aliphatic carbocycles. The van der Waals surface area contributed by atoms with Crippen LogP contribution >= 0.6 is 0 Å². The number of esters is 1. The van der Waals surface area contributed by atoms with Crippen LogP contribution in [0.3, 0.4) is 0 Å². The Hall–Kier alpha value is -3.34. The highest BCUT2D eigenvalue weighted by atomic mass is 16.6.